The maximum absolute atomic E-state index is 12.2. The van der Waals surface area contributed by atoms with Crippen molar-refractivity contribution in [3.63, 3.8) is 0 Å². The fourth-order valence-corrected chi connectivity index (χ4v) is 2.14. The lowest BCUT2D eigenvalue weighted by Gasteiger charge is -2.21. The van der Waals surface area contributed by atoms with Gasteiger partial charge in [-0.15, -0.1) is 0 Å². The van der Waals surface area contributed by atoms with Crippen LogP contribution in [0.25, 0.3) is 0 Å². The van der Waals surface area contributed by atoms with E-state index in [0.29, 0.717) is 24.7 Å². The van der Waals surface area contributed by atoms with Gasteiger partial charge in [0.1, 0.15) is 0 Å². The number of carbonyl (C=O) groups excluding carboxylic acids is 2. The minimum Gasteiger partial charge on any atom is -0.344 e. The third kappa shape index (κ3) is 6.48. The SMILES string of the molecule is CCCCN(CCCC)C(=O)C(=O)NCc1ccc(Cl)cc1. The van der Waals surface area contributed by atoms with Crippen molar-refractivity contribution in [3.8, 4) is 0 Å². The number of rotatable bonds is 8. The Morgan fingerprint density at radius 3 is 2.09 bits per heavy atom. The van der Waals surface area contributed by atoms with E-state index in [0.717, 1.165) is 31.2 Å². The molecule has 4 nitrogen and oxygen atoms in total. The van der Waals surface area contributed by atoms with E-state index in [-0.39, 0.29) is 0 Å². The van der Waals surface area contributed by atoms with Gasteiger partial charge >= 0.3 is 11.8 Å². The molecular formula is C17H25ClN2O2. The highest BCUT2D eigenvalue weighted by atomic mass is 35.5. The normalized spacial score (nSPS) is 10.3. The minimum atomic E-state index is -0.540. The first kappa shape index (κ1) is 18.5. The highest BCUT2D eigenvalue weighted by molar-refractivity contribution is 6.35. The molecule has 0 radical (unpaired) electrons. The highest BCUT2D eigenvalue weighted by Gasteiger charge is 2.20. The Kier molecular flexibility index (Phi) is 8.60. The topological polar surface area (TPSA) is 49.4 Å². The molecule has 122 valence electrons. The van der Waals surface area contributed by atoms with Crippen LogP contribution in [0.15, 0.2) is 24.3 Å². The number of carbonyl (C=O) groups is 2. The van der Waals surface area contributed by atoms with Gasteiger partial charge < -0.3 is 10.2 Å². The van der Waals surface area contributed by atoms with Crippen molar-refractivity contribution in [2.24, 2.45) is 0 Å². The quantitative estimate of drug-likeness (QED) is 0.745. The van der Waals surface area contributed by atoms with E-state index >= 15 is 0 Å². The maximum atomic E-state index is 12.2. The molecule has 0 saturated heterocycles. The van der Waals surface area contributed by atoms with Crippen molar-refractivity contribution in [2.45, 2.75) is 46.1 Å². The van der Waals surface area contributed by atoms with Crippen LogP contribution >= 0.6 is 11.6 Å². The van der Waals surface area contributed by atoms with Crippen LogP contribution in [0.2, 0.25) is 5.02 Å². The number of nitrogens with one attached hydrogen (secondary N) is 1. The molecule has 0 atom stereocenters. The van der Waals surface area contributed by atoms with Gasteiger partial charge in [-0.3, -0.25) is 9.59 Å². The van der Waals surface area contributed by atoms with Gasteiger partial charge in [-0.1, -0.05) is 50.4 Å². The molecule has 0 aliphatic rings. The smallest absolute Gasteiger partial charge is 0.311 e. The van der Waals surface area contributed by atoms with Crippen LogP contribution in [0.5, 0.6) is 0 Å². The summed E-state index contributed by atoms with van der Waals surface area (Å²) in [6.45, 7) is 5.76. The van der Waals surface area contributed by atoms with Crippen molar-refractivity contribution in [1.29, 1.82) is 0 Å². The Morgan fingerprint density at radius 1 is 1.05 bits per heavy atom. The van der Waals surface area contributed by atoms with Crippen LogP contribution in [-0.4, -0.2) is 29.8 Å². The summed E-state index contributed by atoms with van der Waals surface area (Å²) < 4.78 is 0. The summed E-state index contributed by atoms with van der Waals surface area (Å²) in [6, 6.07) is 7.19. The average molecular weight is 325 g/mol. The van der Waals surface area contributed by atoms with Crippen LogP contribution in [0.1, 0.15) is 45.1 Å². The number of nitrogens with zero attached hydrogens (tertiary/aromatic N) is 1. The number of unbranched alkanes of at least 4 members (excludes halogenated alkanes) is 2. The largest absolute Gasteiger partial charge is 0.344 e. The van der Waals surface area contributed by atoms with Crippen molar-refractivity contribution in [1.82, 2.24) is 10.2 Å². The molecule has 0 bridgehead atoms. The van der Waals surface area contributed by atoms with Gasteiger partial charge in [0, 0.05) is 24.7 Å². The number of halogens is 1. The molecule has 0 fully saturated rings. The number of amides is 2. The first-order chi connectivity index (χ1) is 10.6. The van der Waals surface area contributed by atoms with Gasteiger partial charge in [0.05, 0.1) is 0 Å². The van der Waals surface area contributed by atoms with Gasteiger partial charge in [0.2, 0.25) is 0 Å². The molecule has 0 aliphatic heterocycles. The van der Waals surface area contributed by atoms with Gasteiger partial charge in [-0.2, -0.15) is 0 Å². The second-order valence-electron chi connectivity index (χ2n) is 5.31. The second kappa shape index (κ2) is 10.2. The van der Waals surface area contributed by atoms with E-state index in [1.54, 1.807) is 17.0 Å². The Balaban J connectivity index is 2.52. The summed E-state index contributed by atoms with van der Waals surface area (Å²) in [4.78, 5) is 25.9. The van der Waals surface area contributed by atoms with Gasteiger partial charge in [0.15, 0.2) is 0 Å². The third-order valence-corrected chi connectivity index (χ3v) is 3.66. The van der Waals surface area contributed by atoms with Crippen LogP contribution < -0.4 is 5.32 Å². The van der Waals surface area contributed by atoms with Gasteiger partial charge in [0.25, 0.3) is 0 Å². The Morgan fingerprint density at radius 2 is 1.59 bits per heavy atom. The van der Waals surface area contributed by atoms with Gasteiger partial charge in [-0.25, -0.2) is 0 Å². The van der Waals surface area contributed by atoms with Crippen LogP contribution in [0, 0.1) is 0 Å². The van der Waals surface area contributed by atoms with Crippen molar-refractivity contribution < 1.29 is 9.59 Å². The van der Waals surface area contributed by atoms with Crippen LogP contribution in [-0.2, 0) is 16.1 Å². The van der Waals surface area contributed by atoms with E-state index < -0.39 is 11.8 Å². The van der Waals surface area contributed by atoms with E-state index in [4.69, 9.17) is 11.6 Å². The fraction of sp³-hybridized carbons (Fsp3) is 0.529. The zero-order valence-corrected chi connectivity index (χ0v) is 14.2. The molecule has 0 heterocycles. The Bertz CT molecular complexity index is 466. The molecule has 0 unspecified atom stereocenters. The van der Waals surface area contributed by atoms with Crippen LogP contribution in [0.3, 0.4) is 0 Å². The first-order valence-corrected chi connectivity index (χ1v) is 8.27. The monoisotopic (exact) mass is 324 g/mol. The third-order valence-electron chi connectivity index (χ3n) is 3.41. The lowest BCUT2D eigenvalue weighted by molar-refractivity contribution is -0.146. The molecule has 0 saturated carbocycles. The molecule has 1 aromatic rings. The summed E-state index contributed by atoms with van der Waals surface area (Å²) in [6.07, 6.45) is 3.84. The van der Waals surface area contributed by atoms with E-state index in [1.165, 1.54) is 0 Å². The summed E-state index contributed by atoms with van der Waals surface area (Å²) in [7, 11) is 0. The molecule has 5 heteroatoms. The standard InChI is InChI=1S/C17H25ClN2O2/c1-3-5-11-20(12-6-4-2)17(22)16(21)19-13-14-7-9-15(18)10-8-14/h7-10H,3-6,11-13H2,1-2H3,(H,19,21). The zero-order chi connectivity index (χ0) is 16.4. The molecule has 2 amide bonds. The minimum absolute atomic E-state index is 0.330. The second-order valence-corrected chi connectivity index (χ2v) is 5.74. The Hall–Kier alpha value is -1.55. The zero-order valence-electron chi connectivity index (χ0n) is 13.4. The van der Waals surface area contributed by atoms with Crippen LogP contribution in [0.4, 0.5) is 0 Å². The first-order valence-electron chi connectivity index (χ1n) is 7.90. The molecule has 0 spiro atoms. The Labute approximate surface area is 137 Å². The number of benzene rings is 1. The molecule has 0 aromatic heterocycles. The summed E-state index contributed by atoms with van der Waals surface area (Å²) in [5.74, 6) is -0.974. The molecule has 1 rings (SSSR count). The summed E-state index contributed by atoms with van der Waals surface area (Å²) in [5.41, 5.74) is 0.916. The summed E-state index contributed by atoms with van der Waals surface area (Å²) >= 11 is 5.82. The fourth-order valence-electron chi connectivity index (χ4n) is 2.02. The molecule has 0 aliphatic carbocycles. The molecule has 1 N–H and O–H groups in total. The molecule has 1 aromatic carbocycles. The van der Waals surface area contributed by atoms with Crippen molar-refractivity contribution in [3.05, 3.63) is 34.9 Å². The van der Waals surface area contributed by atoms with E-state index in [9.17, 15) is 9.59 Å². The lowest BCUT2D eigenvalue weighted by Crippen LogP contribution is -2.43. The average Bonchev–Trinajstić information content (AvgIpc) is 2.53. The van der Waals surface area contributed by atoms with E-state index in [2.05, 4.69) is 19.2 Å². The van der Waals surface area contributed by atoms with Crippen molar-refractivity contribution in [2.75, 3.05) is 13.1 Å². The molecule has 22 heavy (non-hydrogen) atoms. The number of hydrogen-bond donors (Lipinski definition) is 1. The van der Waals surface area contributed by atoms with Gasteiger partial charge in [-0.05, 0) is 30.5 Å². The molecular weight excluding hydrogens is 300 g/mol. The highest BCUT2D eigenvalue weighted by Crippen LogP contribution is 2.09. The van der Waals surface area contributed by atoms with E-state index in [1.807, 2.05) is 12.1 Å². The maximum Gasteiger partial charge on any atom is 0.311 e. The predicted molar refractivity (Wildman–Crippen MR) is 89.7 cm³/mol. The number of hydrogen-bond acceptors (Lipinski definition) is 2. The lowest BCUT2D eigenvalue weighted by atomic mass is 10.2. The predicted octanol–water partition coefficient (Wildman–Crippen LogP) is 3.39. The van der Waals surface area contributed by atoms with Crippen molar-refractivity contribution >= 4 is 23.4 Å². The summed E-state index contributed by atoms with van der Waals surface area (Å²) in [5, 5.41) is 3.33.